The SMILES string of the molecule is NCCCN(C(=O)C1CCCCO1)C1CCC1. The molecular formula is C13H24N2O2. The third-order valence-corrected chi connectivity index (χ3v) is 3.86. The van der Waals surface area contributed by atoms with Crippen LogP contribution in [0.4, 0.5) is 0 Å². The molecule has 2 rings (SSSR count). The van der Waals surface area contributed by atoms with Gasteiger partial charge >= 0.3 is 0 Å². The van der Waals surface area contributed by atoms with E-state index < -0.39 is 0 Å². The maximum absolute atomic E-state index is 12.4. The zero-order chi connectivity index (χ0) is 12.1. The molecule has 1 aliphatic heterocycles. The first-order chi connectivity index (χ1) is 8.33. The monoisotopic (exact) mass is 240 g/mol. The first kappa shape index (κ1) is 12.8. The molecule has 0 aromatic carbocycles. The quantitative estimate of drug-likeness (QED) is 0.787. The van der Waals surface area contributed by atoms with Crippen LogP contribution >= 0.6 is 0 Å². The van der Waals surface area contributed by atoms with Gasteiger partial charge in [0, 0.05) is 19.2 Å². The molecule has 98 valence electrons. The largest absolute Gasteiger partial charge is 0.368 e. The molecule has 0 aromatic heterocycles. The van der Waals surface area contributed by atoms with Crippen molar-refractivity contribution in [3.63, 3.8) is 0 Å². The van der Waals surface area contributed by atoms with Crippen LogP contribution in [0.15, 0.2) is 0 Å². The maximum Gasteiger partial charge on any atom is 0.251 e. The molecule has 0 spiro atoms. The Labute approximate surface area is 103 Å². The highest BCUT2D eigenvalue weighted by Gasteiger charge is 2.33. The van der Waals surface area contributed by atoms with Crippen LogP contribution in [0.3, 0.4) is 0 Å². The Morgan fingerprint density at radius 2 is 2.06 bits per heavy atom. The fourth-order valence-electron chi connectivity index (χ4n) is 2.55. The van der Waals surface area contributed by atoms with Gasteiger partial charge in [-0.15, -0.1) is 0 Å². The summed E-state index contributed by atoms with van der Waals surface area (Å²) in [5.41, 5.74) is 5.55. The highest BCUT2D eigenvalue weighted by Crippen LogP contribution is 2.27. The van der Waals surface area contributed by atoms with Gasteiger partial charge in [-0.25, -0.2) is 0 Å². The van der Waals surface area contributed by atoms with Crippen LogP contribution in [-0.4, -0.2) is 42.6 Å². The Kier molecular flexibility index (Phi) is 4.80. The lowest BCUT2D eigenvalue weighted by Gasteiger charge is -2.40. The third kappa shape index (κ3) is 3.19. The summed E-state index contributed by atoms with van der Waals surface area (Å²) in [6, 6.07) is 0.458. The molecule has 4 heteroatoms. The second-order valence-electron chi connectivity index (χ2n) is 5.11. The lowest BCUT2D eigenvalue weighted by Crippen LogP contribution is -2.50. The van der Waals surface area contributed by atoms with E-state index in [9.17, 15) is 4.79 Å². The summed E-state index contributed by atoms with van der Waals surface area (Å²) in [4.78, 5) is 14.4. The molecule has 0 aromatic rings. The summed E-state index contributed by atoms with van der Waals surface area (Å²) in [5, 5.41) is 0. The van der Waals surface area contributed by atoms with Crippen LogP contribution in [0.25, 0.3) is 0 Å². The number of nitrogens with two attached hydrogens (primary N) is 1. The number of hydrogen-bond donors (Lipinski definition) is 1. The molecule has 1 unspecified atom stereocenters. The first-order valence-corrected chi connectivity index (χ1v) is 6.95. The molecule has 2 fully saturated rings. The minimum Gasteiger partial charge on any atom is -0.368 e. The molecule has 2 aliphatic rings. The highest BCUT2D eigenvalue weighted by molar-refractivity contribution is 5.81. The minimum atomic E-state index is -0.179. The predicted octanol–water partition coefficient (Wildman–Crippen LogP) is 1.29. The summed E-state index contributed by atoms with van der Waals surface area (Å²) < 4.78 is 5.60. The van der Waals surface area contributed by atoms with Crippen molar-refractivity contribution < 1.29 is 9.53 Å². The second kappa shape index (κ2) is 6.36. The van der Waals surface area contributed by atoms with Gasteiger partial charge in [-0.2, -0.15) is 0 Å². The van der Waals surface area contributed by atoms with E-state index in [2.05, 4.69) is 0 Å². The fraction of sp³-hybridized carbons (Fsp3) is 0.923. The maximum atomic E-state index is 12.4. The third-order valence-electron chi connectivity index (χ3n) is 3.86. The molecule has 1 amide bonds. The molecule has 4 nitrogen and oxygen atoms in total. The van der Waals surface area contributed by atoms with Gasteiger partial charge in [0.2, 0.25) is 0 Å². The van der Waals surface area contributed by atoms with Crippen LogP contribution in [-0.2, 0) is 9.53 Å². The Balaban J connectivity index is 1.90. The van der Waals surface area contributed by atoms with E-state index in [-0.39, 0.29) is 12.0 Å². The molecule has 2 N–H and O–H groups in total. The van der Waals surface area contributed by atoms with Gasteiger partial charge in [0.25, 0.3) is 5.91 Å². The lowest BCUT2D eigenvalue weighted by atomic mass is 9.90. The van der Waals surface area contributed by atoms with Crippen molar-refractivity contribution in [2.75, 3.05) is 19.7 Å². The van der Waals surface area contributed by atoms with Crippen molar-refractivity contribution in [2.24, 2.45) is 5.73 Å². The number of carbonyl (C=O) groups excluding carboxylic acids is 1. The van der Waals surface area contributed by atoms with Crippen molar-refractivity contribution >= 4 is 5.91 Å². The van der Waals surface area contributed by atoms with Gasteiger partial charge in [0.15, 0.2) is 0 Å². The molecule has 0 radical (unpaired) electrons. The summed E-state index contributed by atoms with van der Waals surface area (Å²) in [6.45, 7) is 2.20. The molecule has 17 heavy (non-hydrogen) atoms. The van der Waals surface area contributed by atoms with Gasteiger partial charge < -0.3 is 15.4 Å². The Bertz CT molecular complexity index is 248. The van der Waals surface area contributed by atoms with Crippen molar-refractivity contribution in [3.8, 4) is 0 Å². The molecule has 1 aliphatic carbocycles. The molecular weight excluding hydrogens is 216 g/mol. The topological polar surface area (TPSA) is 55.6 Å². The average molecular weight is 240 g/mol. The Morgan fingerprint density at radius 3 is 2.59 bits per heavy atom. The smallest absolute Gasteiger partial charge is 0.251 e. The van der Waals surface area contributed by atoms with Crippen LogP contribution < -0.4 is 5.73 Å². The number of nitrogens with zero attached hydrogens (tertiary/aromatic N) is 1. The van der Waals surface area contributed by atoms with Gasteiger partial charge in [0.1, 0.15) is 6.10 Å². The van der Waals surface area contributed by atoms with Gasteiger partial charge in [-0.05, 0) is 51.5 Å². The van der Waals surface area contributed by atoms with E-state index >= 15 is 0 Å². The van der Waals surface area contributed by atoms with E-state index in [0.717, 1.165) is 51.7 Å². The first-order valence-electron chi connectivity index (χ1n) is 6.95. The zero-order valence-electron chi connectivity index (χ0n) is 10.6. The van der Waals surface area contributed by atoms with Crippen molar-refractivity contribution in [2.45, 2.75) is 57.1 Å². The van der Waals surface area contributed by atoms with Gasteiger partial charge in [-0.1, -0.05) is 0 Å². The van der Waals surface area contributed by atoms with Crippen molar-refractivity contribution in [1.29, 1.82) is 0 Å². The highest BCUT2D eigenvalue weighted by atomic mass is 16.5. The van der Waals surface area contributed by atoms with Gasteiger partial charge in [0.05, 0.1) is 0 Å². The Hall–Kier alpha value is -0.610. The number of ether oxygens (including phenoxy) is 1. The van der Waals surface area contributed by atoms with Crippen LogP contribution in [0, 0.1) is 0 Å². The van der Waals surface area contributed by atoms with Crippen LogP contribution in [0.2, 0.25) is 0 Å². The predicted molar refractivity (Wildman–Crippen MR) is 66.6 cm³/mol. The number of amides is 1. The van der Waals surface area contributed by atoms with E-state index in [0.29, 0.717) is 12.6 Å². The molecule has 1 saturated carbocycles. The normalized spacial score (nSPS) is 25.4. The van der Waals surface area contributed by atoms with Crippen LogP contribution in [0.5, 0.6) is 0 Å². The molecule has 1 atom stereocenters. The zero-order valence-corrected chi connectivity index (χ0v) is 10.6. The summed E-state index contributed by atoms with van der Waals surface area (Å²) in [5.74, 6) is 0.211. The summed E-state index contributed by atoms with van der Waals surface area (Å²) in [7, 11) is 0. The average Bonchev–Trinajstić information content (AvgIpc) is 2.32. The molecule has 1 saturated heterocycles. The number of carbonyl (C=O) groups is 1. The van der Waals surface area contributed by atoms with E-state index in [1.54, 1.807) is 0 Å². The Morgan fingerprint density at radius 1 is 1.24 bits per heavy atom. The van der Waals surface area contributed by atoms with E-state index in [1.807, 2.05) is 4.90 Å². The van der Waals surface area contributed by atoms with Gasteiger partial charge in [-0.3, -0.25) is 4.79 Å². The van der Waals surface area contributed by atoms with Crippen molar-refractivity contribution in [3.05, 3.63) is 0 Å². The standard InChI is InChI=1S/C13H24N2O2/c14-8-4-9-15(11-5-3-6-11)13(16)12-7-1-2-10-17-12/h11-12H,1-10,14H2. The fourth-order valence-corrected chi connectivity index (χ4v) is 2.55. The van der Waals surface area contributed by atoms with E-state index in [1.165, 1.54) is 6.42 Å². The summed E-state index contributed by atoms with van der Waals surface area (Å²) in [6.07, 6.45) is 7.39. The molecule has 0 bridgehead atoms. The minimum absolute atomic E-state index is 0.179. The second-order valence-corrected chi connectivity index (χ2v) is 5.11. The van der Waals surface area contributed by atoms with Crippen LogP contribution in [0.1, 0.15) is 44.9 Å². The number of rotatable bonds is 5. The number of hydrogen-bond acceptors (Lipinski definition) is 3. The molecule has 1 heterocycles. The summed E-state index contributed by atoms with van der Waals surface area (Å²) >= 11 is 0. The van der Waals surface area contributed by atoms with Crippen molar-refractivity contribution in [1.82, 2.24) is 4.90 Å². The van der Waals surface area contributed by atoms with E-state index in [4.69, 9.17) is 10.5 Å². The lowest BCUT2D eigenvalue weighted by molar-refractivity contribution is -0.150.